The monoisotopic (exact) mass is 468 g/mol. The number of carboxylic acids is 1. The summed E-state index contributed by atoms with van der Waals surface area (Å²) in [6.45, 7) is 2.77. The molecule has 0 unspecified atom stereocenters. The average molecular weight is 469 g/mol. The van der Waals surface area contributed by atoms with E-state index < -0.39 is 5.97 Å². The molecule has 0 amide bonds. The summed E-state index contributed by atoms with van der Waals surface area (Å²) >= 11 is 0. The first-order valence-electron chi connectivity index (χ1n) is 11.6. The van der Waals surface area contributed by atoms with Gasteiger partial charge in [-0.3, -0.25) is 4.79 Å². The van der Waals surface area contributed by atoms with Gasteiger partial charge in [-0.1, -0.05) is 30.4 Å². The van der Waals surface area contributed by atoms with Gasteiger partial charge in [0, 0.05) is 37.4 Å². The number of nitrogens with zero attached hydrogens (tertiary/aromatic N) is 6. The third-order valence-corrected chi connectivity index (χ3v) is 6.61. The zero-order valence-corrected chi connectivity index (χ0v) is 19.0. The van der Waals surface area contributed by atoms with Gasteiger partial charge in [-0.05, 0) is 41.8 Å². The second-order valence-corrected chi connectivity index (χ2v) is 8.79. The molecular formula is C26H24N6O3. The molecule has 2 aliphatic rings. The van der Waals surface area contributed by atoms with E-state index in [9.17, 15) is 15.0 Å². The van der Waals surface area contributed by atoms with Gasteiger partial charge < -0.3 is 24.6 Å². The van der Waals surface area contributed by atoms with Crippen LogP contribution in [0, 0.1) is 0 Å². The number of rotatable bonds is 5. The highest BCUT2D eigenvalue weighted by atomic mass is 16.4. The fraction of sp³-hybridized carbons (Fsp3) is 0.231. The molecule has 6 rings (SSSR count). The van der Waals surface area contributed by atoms with E-state index in [1.807, 2.05) is 24.3 Å². The number of fused-ring (bicyclic) bond motifs is 2. The smallest absolute Gasteiger partial charge is 0.323 e. The van der Waals surface area contributed by atoms with E-state index in [1.54, 1.807) is 16.7 Å². The number of aromatic nitrogens is 4. The van der Waals surface area contributed by atoms with E-state index in [0.29, 0.717) is 30.2 Å². The number of anilines is 2. The van der Waals surface area contributed by atoms with Gasteiger partial charge in [-0.2, -0.15) is 4.98 Å². The largest absolute Gasteiger partial charge is 0.508 e. The molecule has 176 valence electrons. The topological polar surface area (TPSA) is 108 Å². The van der Waals surface area contributed by atoms with Crippen molar-refractivity contribution >= 4 is 34.8 Å². The Hall–Kier alpha value is -4.40. The van der Waals surface area contributed by atoms with Crippen LogP contribution in [0.25, 0.3) is 28.5 Å². The first-order valence-corrected chi connectivity index (χ1v) is 11.6. The number of phenols is 1. The number of carboxylic acid groups (broad SMARTS) is 1. The Morgan fingerprint density at radius 3 is 2.51 bits per heavy atom. The number of aliphatic carboxylic acids is 1. The number of piperazine rings is 1. The maximum atomic E-state index is 11.5. The quantitative estimate of drug-likeness (QED) is 0.460. The van der Waals surface area contributed by atoms with Crippen molar-refractivity contribution in [3.63, 3.8) is 0 Å². The maximum Gasteiger partial charge on any atom is 0.323 e. The van der Waals surface area contributed by atoms with E-state index >= 15 is 0 Å². The lowest BCUT2D eigenvalue weighted by molar-refractivity contribution is -0.137. The minimum atomic E-state index is -0.947. The fourth-order valence-electron chi connectivity index (χ4n) is 4.85. The maximum absolute atomic E-state index is 11.5. The van der Waals surface area contributed by atoms with Crippen molar-refractivity contribution in [1.29, 1.82) is 0 Å². The fourth-order valence-corrected chi connectivity index (χ4v) is 4.85. The molecule has 0 saturated carbocycles. The summed E-state index contributed by atoms with van der Waals surface area (Å²) in [7, 11) is 0. The minimum Gasteiger partial charge on any atom is -0.508 e. The Bertz CT molecular complexity index is 1450. The SMILES string of the molecule is O=C(O)Cn1cnc2c(-c3cccc4c3C=CC4)nc(N3CCN(c4ccc(O)cc4)CC3)nc21. The normalized spacial score (nSPS) is 15.1. The highest BCUT2D eigenvalue weighted by molar-refractivity contribution is 5.93. The second-order valence-electron chi connectivity index (χ2n) is 8.79. The molecular weight excluding hydrogens is 444 g/mol. The third kappa shape index (κ3) is 3.84. The van der Waals surface area contributed by atoms with E-state index in [4.69, 9.17) is 9.97 Å². The summed E-state index contributed by atoms with van der Waals surface area (Å²) in [5.41, 5.74) is 6.25. The molecule has 0 atom stereocenters. The Labute approximate surface area is 201 Å². The van der Waals surface area contributed by atoms with E-state index in [1.165, 1.54) is 11.9 Å². The molecule has 0 radical (unpaired) electrons. The van der Waals surface area contributed by atoms with Gasteiger partial charge >= 0.3 is 5.97 Å². The number of hydrogen-bond acceptors (Lipinski definition) is 7. The molecule has 2 aromatic heterocycles. The van der Waals surface area contributed by atoms with Crippen LogP contribution in [0.5, 0.6) is 5.75 Å². The molecule has 1 fully saturated rings. The van der Waals surface area contributed by atoms with Crippen molar-refractivity contribution in [1.82, 2.24) is 19.5 Å². The molecule has 2 N–H and O–H groups in total. The van der Waals surface area contributed by atoms with Crippen LogP contribution in [0.4, 0.5) is 11.6 Å². The van der Waals surface area contributed by atoms with Crippen molar-refractivity contribution in [2.24, 2.45) is 0 Å². The predicted octanol–water partition coefficient (Wildman–Crippen LogP) is 3.18. The first-order chi connectivity index (χ1) is 17.1. The summed E-state index contributed by atoms with van der Waals surface area (Å²) in [6.07, 6.45) is 6.67. The van der Waals surface area contributed by atoms with Crippen LogP contribution >= 0.6 is 0 Å². The van der Waals surface area contributed by atoms with Gasteiger partial charge in [-0.15, -0.1) is 0 Å². The van der Waals surface area contributed by atoms with Gasteiger partial charge in [0.25, 0.3) is 0 Å². The van der Waals surface area contributed by atoms with Gasteiger partial charge in [0.15, 0.2) is 5.65 Å². The predicted molar refractivity (Wildman–Crippen MR) is 134 cm³/mol. The van der Waals surface area contributed by atoms with Crippen LogP contribution in [0.1, 0.15) is 11.1 Å². The molecule has 4 aromatic rings. The van der Waals surface area contributed by atoms with Gasteiger partial charge in [0.05, 0.1) is 6.33 Å². The van der Waals surface area contributed by atoms with Crippen molar-refractivity contribution in [2.45, 2.75) is 13.0 Å². The highest BCUT2D eigenvalue weighted by Gasteiger charge is 2.24. The van der Waals surface area contributed by atoms with Crippen molar-refractivity contribution < 1.29 is 15.0 Å². The Balaban J connectivity index is 1.39. The molecule has 0 spiro atoms. The van der Waals surface area contributed by atoms with Crippen LogP contribution in [-0.4, -0.2) is 61.9 Å². The molecule has 35 heavy (non-hydrogen) atoms. The summed E-state index contributed by atoms with van der Waals surface area (Å²) < 4.78 is 1.57. The third-order valence-electron chi connectivity index (χ3n) is 6.61. The van der Waals surface area contributed by atoms with E-state index in [2.05, 4.69) is 33.0 Å². The van der Waals surface area contributed by atoms with Crippen LogP contribution in [-0.2, 0) is 17.8 Å². The highest BCUT2D eigenvalue weighted by Crippen LogP contribution is 2.34. The van der Waals surface area contributed by atoms with Crippen LogP contribution in [0.3, 0.4) is 0 Å². The van der Waals surface area contributed by atoms with E-state index in [0.717, 1.165) is 42.0 Å². The molecule has 2 aromatic carbocycles. The lowest BCUT2D eigenvalue weighted by atomic mass is 10.0. The molecule has 0 bridgehead atoms. The molecule has 3 heterocycles. The molecule has 1 saturated heterocycles. The zero-order valence-electron chi connectivity index (χ0n) is 19.0. The lowest BCUT2D eigenvalue weighted by Gasteiger charge is -2.36. The molecule has 9 heteroatoms. The Morgan fingerprint density at radius 1 is 0.971 bits per heavy atom. The minimum absolute atomic E-state index is 0.214. The van der Waals surface area contributed by atoms with Gasteiger partial charge in [0.1, 0.15) is 23.5 Å². The van der Waals surface area contributed by atoms with Crippen molar-refractivity contribution in [3.8, 4) is 17.0 Å². The molecule has 1 aliphatic carbocycles. The summed E-state index contributed by atoms with van der Waals surface area (Å²) in [5, 5.41) is 19.0. The van der Waals surface area contributed by atoms with Gasteiger partial charge in [0.2, 0.25) is 5.95 Å². The Morgan fingerprint density at radius 2 is 1.74 bits per heavy atom. The van der Waals surface area contributed by atoms with Crippen LogP contribution in [0.15, 0.2) is 54.9 Å². The number of carbonyl (C=O) groups is 1. The van der Waals surface area contributed by atoms with Crippen molar-refractivity contribution in [3.05, 3.63) is 66.0 Å². The van der Waals surface area contributed by atoms with Crippen molar-refractivity contribution in [2.75, 3.05) is 36.0 Å². The van der Waals surface area contributed by atoms with Crippen LogP contribution < -0.4 is 9.80 Å². The summed E-state index contributed by atoms with van der Waals surface area (Å²) in [5.74, 6) is -0.122. The lowest BCUT2D eigenvalue weighted by Crippen LogP contribution is -2.47. The number of hydrogen-bond donors (Lipinski definition) is 2. The van der Waals surface area contributed by atoms with E-state index in [-0.39, 0.29) is 12.3 Å². The standard InChI is InChI=1S/C26H24N6O3/c33-19-9-7-18(8-10-19)30-11-13-31(14-12-30)26-28-23(21-6-2-4-17-3-1-5-20(17)21)24-25(29-26)32(16-27-24)15-22(34)35/h1-2,4-10,16,33H,3,11-15H2,(H,34,35). The zero-order chi connectivity index (χ0) is 23.9. The number of allylic oxidation sites excluding steroid dienone is 1. The van der Waals surface area contributed by atoms with Crippen LogP contribution in [0.2, 0.25) is 0 Å². The number of phenolic OH excluding ortho intramolecular Hbond substituents is 1. The summed E-state index contributed by atoms with van der Waals surface area (Å²) in [6, 6.07) is 13.4. The Kier molecular flexibility index (Phi) is 5.09. The average Bonchev–Trinajstić information content (AvgIpc) is 3.51. The van der Waals surface area contributed by atoms with Gasteiger partial charge in [-0.25, -0.2) is 9.97 Å². The molecule has 1 aliphatic heterocycles. The number of imidazole rings is 1. The molecule has 9 nitrogen and oxygen atoms in total. The number of benzene rings is 2. The number of aromatic hydroxyl groups is 1. The second kappa shape index (κ2) is 8.43. The summed E-state index contributed by atoms with van der Waals surface area (Å²) in [4.78, 5) is 30.1. The first kappa shape index (κ1) is 21.2.